The molecule has 0 heterocycles. The summed E-state index contributed by atoms with van der Waals surface area (Å²) < 4.78 is 5.59. The summed E-state index contributed by atoms with van der Waals surface area (Å²) in [5.41, 5.74) is 1.33. The van der Waals surface area contributed by atoms with Gasteiger partial charge in [0.1, 0.15) is 5.75 Å². The van der Waals surface area contributed by atoms with Crippen LogP contribution in [-0.4, -0.2) is 12.4 Å². The molecule has 0 unspecified atom stereocenters. The van der Waals surface area contributed by atoms with E-state index in [1.807, 2.05) is 12.1 Å². The molecular formula is C13H20NOS-. The highest BCUT2D eigenvalue weighted by molar-refractivity contribution is 8.00. The summed E-state index contributed by atoms with van der Waals surface area (Å²) in [5, 5.41) is 6.99. The fraction of sp³-hybridized carbons (Fsp3) is 0.538. The van der Waals surface area contributed by atoms with Gasteiger partial charge in [-0.3, -0.25) is 11.9 Å². The highest BCUT2D eigenvalue weighted by Crippen LogP contribution is 2.14. The van der Waals surface area contributed by atoms with Gasteiger partial charge in [0.05, 0.1) is 6.61 Å². The fourth-order valence-corrected chi connectivity index (χ4v) is 1.72. The zero-order valence-electron chi connectivity index (χ0n) is 9.87. The molecule has 0 amide bonds. The van der Waals surface area contributed by atoms with Crippen LogP contribution in [-0.2, 0) is 6.42 Å². The third kappa shape index (κ3) is 5.42. The summed E-state index contributed by atoms with van der Waals surface area (Å²) in [6.45, 7) is 2.97. The zero-order valence-corrected chi connectivity index (χ0v) is 10.7. The molecule has 0 fully saturated rings. The maximum absolute atomic E-state index is 6.99. The van der Waals surface area contributed by atoms with Crippen LogP contribution < -0.4 is 4.74 Å². The number of rotatable bonds is 8. The SMILES string of the molecule is CCCCOc1ccc(CCCS[NH-])cc1. The Morgan fingerprint density at radius 1 is 1.19 bits per heavy atom. The number of aryl methyl sites for hydroxylation is 1. The zero-order chi connectivity index (χ0) is 11.6. The van der Waals surface area contributed by atoms with Crippen LogP contribution in [0.1, 0.15) is 31.7 Å². The number of hydrogen-bond acceptors (Lipinski definition) is 2. The standard InChI is InChI=1S/C13H20NOS/c1-2-3-10-15-13-8-6-12(7-9-13)5-4-11-16-14/h6-9,14H,2-5,10-11H2,1H3/q-1. The van der Waals surface area contributed by atoms with Gasteiger partial charge in [-0.1, -0.05) is 25.5 Å². The molecule has 0 spiro atoms. The summed E-state index contributed by atoms with van der Waals surface area (Å²) in [6, 6.07) is 8.32. The Morgan fingerprint density at radius 3 is 2.56 bits per heavy atom. The van der Waals surface area contributed by atoms with E-state index in [2.05, 4.69) is 19.1 Å². The summed E-state index contributed by atoms with van der Waals surface area (Å²) >= 11 is 1.16. The maximum Gasteiger partial charge on any atom is 0.119 e. The largest absolute Gasteiger partial charge is 0.621 e. The van der Waals surface area contributed by atoms with Gasteiger partial charge in [-0.15, -0.1) is 0 Å². The van der Waals surface area contributed by atoms with Gasteiger partial charge in [-0.05, 0) is 42.7 Å². The molecule has 0 saturated heterocycles. The lowest BCUT2D eigenvalue weighted by molar-refractivity contribution is 0.309. The normalized spacial score (nSPS) is 10.4. The lowest BCUT2D eigenvalue weighted by Gasteiger charge is -2.07. The van der Waals surface area contributed by atoms with E-state index in [9.17, 15) is 0 Å². The van der Waals surface area contributed by atoms with Gasteiger partial charge >= 0.3 is 0 Å². The van der Waals surface area contributed by atoms with E-state index in [4.69, 9.17) is 9.88 Å². The monoisotopic (exact) mass is 238 g/mol. The summed E-state index contributed by atoms with van der Waals surface area (Å²) in [5.74, 6) is 1.88. The van der Waals surface area contributed by atoms with Crippen molar-refractivity contribution in [2.24, 2.45) is 0 Å². The van der Waals surface area contributed by atoms with Crippen molar-refractivity contribution in [3.8, 4) is 5.75 Å². The third-order valence-corrected chi connectivity index (χ3v) is 2.89. The first-order valence-corrected chi connectivity index (χ1v) is 6.85. The first kappa shape index (κ1) is 13.4. The average Bonchev–Trinajstić information content (AvgIpc) is 2.32. The summed E-state index contributed by atoms with van der Waals surface area (Å²) in [7, 11) is 0. The lowest BCUT2D eigenvalue weighted by atomic mass is 10.1. The van der Waals surface area contributed by atoms with Crippen molar-refractivity contribution in [1.82, 2.24) is 0 Å². The van der Waals surface area contributed by atoms with Gasteiger partial charge in [-0.25, -0.2) is 0 Å². The minimum Gasteiger partial charge on any atom is -0.621 e. The van der Waals surface area contributed by atoms with Crippen molar-refractivity contribution < 1.29 is 4.74 Å². The van der Waals surface area contributed by atoms with Crippen LogP contribution >= 0.6 is 11.9 Å². The second kappa shape index (κ2) is 8.48. The molecule has 0 aliphatic carbocycles. The first-order chi connectivity index (χ1) is 7.86. The van der Waals surface area contributed by atoms with Crippen LogP contribution in [0.2, 0.25) is 0 Å². The summed E-state index contributed by atoms with van der Waals surface area (Å²) in [4.78, 5) is 0. The van der Waals surface area contributed by atoms with E-state index in [1.165, 1.54) is 12.0 Å². The Kier molecular flexibility index (Phi) is 7.10. The predicted molar refractivity (Wildman–Crippen MR) is 71.9 cm³/mol. The summed E-state index contributed by atoms with van der Waals surface area (Å²) in [6.07, 6.45) is 4.41. The Labute approximate surface area is 103 Å². The molecule has 0 bridgehead atoms. The number of hydrogen-bond donors (Lipinski definition) is 0. The number of ether oxygens (including phenoxy) is 1. The molecule has 0 radical (unpaired) electrons. The topological polar surface area (TPSA) is 33.0 Å². The van der Waals surface area contributed by atoms with Crippen LogP contribution in [0.3, 0.4) is 0 Å². The van der Waals surface area contributed by atoms with Crippen molar-refractivity contribution in [2.75, 3.05) is 12.4 Å². The van der Waals surface area contributed by atoms with Crippen molar-refractivity contribution in [1.29, 1.82) is 0 Å². The molecule has 1 rings (SSSR count). The Morgan fingerprint density at radius 2 is 1.94 bits per heavy atom. The van der Waals surface area contributed by atoms with Crippen molar-refractivity contribution >= 4 is 11.9 Å². The minimum absolute atomic E-state index is 0.811. The fourth-order valence-electron chi connectivity index (χ4n) is 1.44. The van der Waals surface area contributed by atoms with Crippen molar-refractivity contribution in [3.05, 3.63) is 35.0 Å². The molecule has 0 aliphatic rings. The molecule has 0 saturated carbocycles. The highest BCUT2D eigenvalue weighted by Gasteiger charge is 1.95. The number of benzene rings is 1. The molecule has 3 heteroatoms. The Bertz CT molecular complexity index is 245. The molecule has 0 atom stereocenters. The second-order valence-corrected chi connectivity index (χ2v) is 4.49. The van der Waals surface area contributed by atoms with E-state index >= 15 is 0 Å². The van der Waals surface area contributed by atoms with Crippen LogP contribution in [0.15, 0.2) is 24.3 Å². The molecule has 0 aromatic heterocycles. The molecule has 1 aromatic rings. The van der Waals surface area contributed by atoms with Gasteiger partial charge in [0.15, 0.2) is 0 Å². The van der Waals surface area contributed by atoms with Gasteiger partial charge in [0.2, 0.25) is 0 Å². The quantitative estimate of drug-likeness (QED) is 0.493. The predicted octanol–water partition coefficient (Wildman–Crippen LogP) is 4.50. The first-order valence-electron chi connectivity index (χ1n) is 5.87. The molecule has 1 N–H and O–H groups in total. The van der Waals surface area contributed by atoms with Crippen LogP contribution in [0, 0.1) is 0 Å². The van der Waals surface area contributed by atoms with Gasteiger partial charge in [-0.2, -0.15) is 0 Å². The molecule has 90 valence electrons. The Balaban J connectivity index is 2.30. The maximum atomic E-state index is 6.99. The van der Waals surface area contributed by atoms with Gasteiger partial charge in [0.25, 0.3) is 0 Å². The lowest BCUT2D eigenvalue weighted by Crippen LogP contribution is -1.96. The molecular weight excluding hydrogens is 218 g/mol. The van der Waals surface area contributed by atoms with E-state index in [1.54, 1.807) is 0 Å². The van der Waals surface area contributed by atoms with Crippen LogP contribution in [0.4, 0.5) is 0 Å². The van der Waals surface area contributed by atoms with E-state index in [0.29, 0.717) is 0 Å². The van der Waals surface area contributed by atoms with Crippen molar-refractivity contribution in [2.45, 2.75) is 32.6 Å². The molecule has 0 aliphatic heterocycles. The average molecular weight is 238 g/mol. The van der Waals surface area contributed by atoms with E-state index in [0.717, 1.165) is 49.3 Å². The van der Waals surface area contributed by atoms with Gasteiger partial charge < -0.3 is 9.88 Å². The van der Waals surface area contributed by atoms with Crippen LogP contribution in [0.5, 0.6) is 5.75 Å². The van der Waals surface area contributed by atoms with Gasteiger partial charge in [0, 0.05) is 0 Å². The minimum atomic E-state index is 0.811. The number of nitrogens with one attached hydrogen (secondary N) is 1. The Hall–Kier alpha value is -0.670. The van der Waals surface area contributed by atoms with Crippen molar-refractivity contribution in [3.63, 3.8) is 0 Å². The number of unbranched alkanes of at least 4 members (excludes halogenated alkanes) is 1. The molecule has 2 nitrogen and oxygen atoms in total. The highest BCUT2D eigenvalue weighted by atomic mass is 32.2. The molecule has 1 aromatic carbocycles. The third-order valence-electron chi connectivity index (χ3n) is 2.40. The second-order valence-electron chi connectivity index (χ2n) is 3.80. The molecule has 16 heavy (non-hydrogen) atoms. The smallest absolute Gasteiger partial charge is 0.119 e. The van der Waals surface area contributed by atoms with E-state index < -0.39 is 0 Å². The van der Waals surface area contributed by atoms with Crippen LogP contribution in [0.25, 0.3) is 5.14 Å². The van der Waals surface area contributed by atoms with E-state index in [-0.39, 0.29) is 0 Å².